The second-order valence-electron chi connectivity index (χ2n) is 9.89. The van der Waals surface area contributed by atoms with Crippen LogP contribution in [0.25, 0.3) is 0 Å². The fraction of sp³-hybridized carbons (Fsp3) is 0.484. The van der Waals surface area contributed by atoms with E-state index in [1.54, 1.807) is 0 Å². The minimum atomic E-state index is -0.401. The zero-order valence-corrected chi connectivity index (χ0v) is 24.7. The number of primary amides is 1. The topological polar surface area (TPSA) is 84.7 Å². The molecule has 212 valence electrons. The molecule has 6 nitrogen and oxygen atoms in total. The highest BCUT2D eigenvalue weighted by molar-refractivity contribution is 7.97. The minimum Gasteiger partial charge on any atom is -0.491 e. The maximum absolute atomic E-state index is 12.7. The molecule has 3 N–H and O–H groups in total. The van der Waals surface area contributed by atoms with E-state index in [4.69, 9.17) is 22.1 Å². The summed E-state index contributed by atoms with van der Waals surface area (Å²) >= 11 is 7.54. The normalized spacial score (nSPS) is 17.1. The molecule has 3 rings (SSSR count). The molecule has 2 amide bonds. The van der Waals surface area contributed by atoms with Crippen LogP contribution in [0.15, 0.2) is 48.6 Å². The zero-order valence-electron chi connectivity index (χ0n) is 23.2. The molecule has 2 aromatic rings. The number of ether oxygens (including phenoxy) is 1. The van der Waals surface area contributed by atoms with Crippen LogP contribution in [0.1, 0.15) is 79.8 Å². The molecule has 1 aliphatic heterocycles. The standard InChI is InChI=1S/C31H42ClN3O3S/c1-3-24-17-18-35(4-2)30-28(38-19-8-7-11-23-12-10-13-25(32)21-23)16-15-27(31(33)37)29(30)26(24)14-6-5-9-20-39-34-22-36/h6,10,12-16,21-22,24,26H,3-5,7-9,11,17-20H2,1-2H3,(H2,33,37)(H,34,36)/b14-6+/t24-,26+/m1/s1. The Hall–Kier alpha value is -2.64. The molecule has 0 aromatic heterocycles. The quantitative estimate of drug-likeness (QED) is 0.0989. The highest BCUT2D eigenvalue weighted by Gasteiger charge is 2.33. The number of hydrogen-bond donors (Lipinski definition) is 2. The third-order valence-corrected chi connectivity index (χ3v) is 8.37. The molecule has 0 fully saturated rings. The number of aryl methyl sites for hydroxylation is 1. The lowest BCUT2D eigenvalue weighted by molar-refractivity contribution is -0.107. The molecular formula is C31H42ClN3O3S. The first-order valence-corrected chi connectivity index (χ1v) is 15.4. The molecule has 39 heavy (non-hydrogen) atoms. The van der Waals surface area contributed by atoms with E-state index in [9.17, 15) is 9.59 Å². The fourth-order valence-corrected chi connectivity index (χ4v) is 6.08. The first kappa shape index (κ1) is 30.9. The third-order valence-electron chi connectivity index (χ3n) is 7.38. The third kappa shape index (κ3) is 8.94. The van der Waals surface area contributed by atoms with Crippen molar-refractivity contribution in [2.45, 2.75) is 64.7 Å². The van der Waals surface area contributed by atoms with Crippen LogP contribution in [0.4, 0.5) is 5.69 Å². The Balaban J connectivity index is 1.82. The summed E-state index contributed by atoms with van der Waals surface area (Å²) in [5.41, 5.74) is 9.76. The molecule has 0 unspecified atom stereocenters. The molecule has 2 atom stereocenters. The Kier molecular flexibility index (Phi) is 13.0. The molecule has 1 heterocycles. The molecule has 0 aliphatic carbocycles. The van der Waals surface area contributed by atoms with Gasteiger partial charge in [-0.2, -0.15) is 0 Å². The van der Waals surface area contributed by atoms with Crippen LogP contribution in [0.3, 0.4) is 0 Å². The molecule has 2 aromatic carbocycles. The van der Waals surface area contributed by atoms with Gasteiger partial charge in [-0.25, -0.2) is 0 Å². The predicted molar refractivity (Wildman–Crippen MR) is 164 cm³/mol. The van der Waals surface area contributed by atoms with Crippen molar-refractivity contribution in [1.82, 2.24) is 4.72 Å². The van der Waals surface area contributed by atoms with Crippen LogP contribution in [0, 0.1) is 5.92 Å². The first-order valence-electron chi connectivity index (χ1n) is 14.1. The second-order valence-corrected chi connectivity index (χ2v) is 11.3. The summed E-state index contributed by atoms with van der Waals surface area (Å²) in [5.74, 6) is 1.75. The van der Waals surface area contributed by atoms with Gasteiger partial charge in [-0.1, -0.05) is 61.2 Å². The van der Waals surface area contributed by atoms with E-state index in [-0.39, 0.29) is 5.92 Å². The van der Waals surface area contributed by atoms with E-state index < -0.39 is 5.91 Å². The van der Waals surface area contributed by atoms with Gasteiger partial charge in [0.2, 0.25) is 12.3 Å². The van der Waals surface area contributed by atoms with Crippen molar-refractivity contribution in [2.24, 2.45) is 11.7 Å². The molecule has 0 bridgehead atoms. The lowest BCUT2D eigenvalue weighted by atomic mass is 9.80. The van der Waals surface area contributed by atoms with Crippen molar-refractivity contribution in [2.75, 3.05) is 30.3 Å². The number of amides is 2. The van der Waals surface area contributed by atoms with Gasteiger partial charge in [0, 0.05) is 35.3 Å². The number of carbonyl (C=O) groups is 2. The van der Waals surface area contributed by atoms with Gasteiger partial charge in [0.25, 0.3) is 0 Å². The van der Waals surface area contributed by atoms with Crippen molar-refractivity contribution in [3.63, 3.8) is 0 Å². The molecule has 1 aliphatic rings. The molecule has 0 radical (unpaired) electrons. The maximum atomic E-state index is 12.7. The monoisotopic (exact) mass is 571 g/mol. The van der Waals surface area contributed by atoms with Gasteiger partial charge < -0.3 is 20.1 Å². The van der Waals surface area contributed by atoms with Crippen molar-refractivity contribution in [1.29, 1.82) is 0 Å². The van der Waals surface area contributed by atoms with E-state index in [0.29, 0.717) is 24.5 Å². The Bertz CT molecular complexity index is 1110. The van der Waals surface area contributed by atoms with Crippen molar-refractivity contribution >= 4 is 41.6 Å². The Labute approximate surface area is 242 Å². The van der Waals surface area contributed by atoms with Crippen LogP contribution in [-0.2, 0) is 11.2 Å². The second kappa shape index (κ2) is 16.5. The lowest BCUT2D eigenvalue weighted by Crippen LogP contribution is -2.26. The average Bonchev–Trinajstić information content (AvgIpc) is 3.09. The van der Waals surface area contributed by atoms with E-state index in [0.717, 1.165) is 85.8 Å². The average molecular weight is 572 g/mol. The van der Waals surface area contributed by atoms with Crippen LogP contribution in [0.2, 0.25) is 5.02 Å². The number of carbonyl (C=O) groups excluding carboxylic acids is 2. The van der Waals surface area contributed by atoms with Crippen LogP contribution in [0.5, 0.6) is 5.75 Å². The SMILES string of the molecule is CC[C@@H]1CCN(CC)c2c(OCCCCc3cccc(Cl)c3)ccc(C(N)=O)c2[C@H]1/C=C/CCCSNC=O. The van der Waals surface area contributed by atoms with Crippen molar-refractivity contribution in [3.8, 4) is 5.75 Å². The van der Waals surface area contributed by atoms with Gasteiger partial charge in [-0.05, 0) is 86.8 Å². The van der Waals surface area contributed by atoms with Gasteiger partial charge in [0.05, 0.1) is 12.3 Å². The number of halogens is 1. The molecular weight excluding hydrogens is 530 g/mol. The van der Waals surface area contributed by atoms with Crippen molar-refractivity contribution in [3.05, 3.63) is 70.3 Å². The molecule has 0 saturated heterocycles. The summed E-state index contributed by atoms with van der Waals surface area (Å²) in [6.07, 6.45) is 12.0. The predicted octanol–water partition coefficient (Wildman–Crippen LogP) is 6.91. The summed E-state index contributed by atoms with van der Waals surface area (Å²) < 4.78 is 9.04. The zero-order chi connectivity index (χ0) is 28.0. The smallest absolute Gasteiger partial charge is 0.249 e. The molecule has 8 heteroatoms. The highest BCUT2D eigenvalue weighted by Crippen LogP contribution is 2.46. The maximum Gasteiger partial charge on any atom is 0.249 e. The summed E-state index contributed by atoms with van der Waals surface area (Å²) in [6, 6.07) is 11.8. The van der Waals surface area contributed by atoms with Gasteiger partial charge in [-0.3, -0.25) is 9.59 Å². The van der Waals surface area contributed by atoms with E-state index in [1.807, 2.05) is 30.3 Å². The lowest BCUT2D eigenvalue weighted by Gasteiger charge is -2.28. The number of allylic oxidation sites excluding steroid dienone is 2. The van der Waals surface area contributed by atoms with Gasteiger partial charge >= 0.3 is 0 Å². The summed E-state index contributed by atoms with van der Waals surface area (Å²) in [7, 11) is 0. The number of hydrogen-bond acceptors (Lipinski definition) is 5. The Morgan fingerprint density at radius 1 is 1.23 bits per heavy atom. The Morgan fingerprint density at radius 2 is 2.08 bits per heavy atom. The summed E-state index contributed by atoms with van der Waals surface area (Å²) in [5, 5.41) is 0.767. The van der Waals surface area contributed by atoms with E-state index in [1.165, 1.54) is 17.5 Å². The number of rotatable bonds is 16. The number of fused-ring (bicyclic) bond motifs is 1. The number of anilines is 1. The van der Waals surface area contributed by atoms with E-state index in [2.05, 4.69) is 41.7 Å². The number of benzene rings is 2. The van der Waals surface area contributed by atoms with Crippen LogP contribution < -0.4 is 20.1 Å². The van der Waals surface area contributed by atoms with Crippen molar-refractivity contribution < 1.29 is 14.3 Å². The van der Waals surface area contributed by atoms with Crippen LogP contribution in [-0.4, -0.2) is 37.8 Å². The highest BCUT2D eigenvalue weighted by atomic mass is 35.5. The number of nitrogens with two attached hydrogens (primary N) is 1. The van der Waals surface area contributed by atoms with Gasteiger partial charge in [-0.15, -0.1) is 0 Å². The Morgan fingerprint density at radius 3 is 2.79 bits per heavy atom. The number of nitrogens with one attached hydrogen (secondary N) is 1. The largest absolute Gasteiger partial charge is 0.491 e. The van der Waals surface area contributed by atoms with Gasteiger partial charge in [0.1, 0.15) is 5.75 Å². The number of nitrogens with zero attached hydrogens (tertiary/aromatic N) is 1. The van der Waals surface area contributed by atoms with E-state index >= 15 is 0 Å². The fourth-order valence-electron chi connectivity index (χ4n) is 5.37. The summed E-state index contributed by atoms with van der Waals surface area (Å²) in [4.78, 5) is 25.5. The molecule has 0 saturated carbocycles. The molecule has 0 spiro atoms. The number of unbranched alkanes of at least 4 members (excludes halogenated alkanes) is 2. The minimum absolute atomic E-state index is 0.0798. The first-order chi connectivity index (χ1) is 19.0. The summed E-state index contributed by atoms with van der Waals surface area (Å²) in [6.45, 7) is 6.71. The van der Waals surface area contributed by atoms with Gasteiger partial charge in [0.15, 0.2) is 0 Å². The van der Waals surface area contributed by atoms with Crippen LogP contribution >= 0.6 is 23.5 Å².